The third kappa shape index (κ3) is 6.34. The SMILES string of the molecule is CC(C)(C)C1=CC2C(=C1)C(C)(c1ccccc1)CC2(c1ccccc1)C1c2cc(C(C)(C)C)ccc2-c2ccc(C(C)(C)C)cc21.[Cl-].[Cl-].[Zr+2]. The van der Waals surface area contributed by atoms with E-state index < -0.39 is 0 Å². The first-order chi connectivity index (χ1) is 21.5. The Morgan fingerprint density at radius 1 is 0.571 bits per heavy atom. The van der Waals surface area contributed by atoms with Gasteiger partial charge in [-0.25, -0.2) is 0 Å². The van der Waals surface area contributed by atoms with Gasteiger partial charge in [0.2, 0.25) is 0 Å². The number of hydrogen-bond donors (Lipinski definition) is 0. The second-order valence-electron chi connectivity index (χ2n) is 17.8. The van der Waals surface area contributed by atoms with Gasteiger partial charge in [-0.1, -0.05) is 184 Å². The van der Waals surface area contributed by atoms with Crippen LogP contribution in [0.4, 0.5) is 0 Å². The van der Waals surface area contributed by atoms with E-state index >= 15 is 0 Å². The van der Waals surface area contributed by atoms with Crippen molar-refractivity contribution in [3.8, 4) is 11.1 Å². The summed E-state index contributed by atoms with van der Waals surface area (Å²) in [6.45, 7) is 23.8. The average molecular weight is 767 g/mol. The summed E-state index contributed by atoms with van der Waals surface area (Å²) >= 11 is 0. The van der Waals surface area contributed by atoms with E-state index in [4.69, 9.17) is 0 Å². The Morgan fingerprint density at radius 3 is 1.45 bits per heavy atom. The smallest absolute Gasteiger partial charge is 1.00 e. The molecular formula is C46H52Cl2Zr. The topological polar surface area (TPSA) is 0 Å². The monoisotopic (exact) mass is 764 g/mol. The summed E-state index contributed by atoms with van der Waals surface area (Å²) in [5, 5.41) is 0. The fourth-order valence-corrected chi connectivity index (χ4v) is 9.07. The van der Waals surface area contributed by atoms with Crippen LogP contribution in [0.15, 0.2) is 120 Å². The molecule has 0 saturated heterocycles. The second-order valence-corrected chi connectivity index (χ2v) is 17.8. The maximum absolute atomic E-state index is 2.69. The second kappa shape index (κ2) is 13.4. The Morgan fingerprint density at radius 2 is 1.02 bits per heavy atom. The van der Waals surface area contributed by atoms with Crippen molar-refractivity contribution in [1.29, 1.82) is 0 Å². The molecule has 7 rings (SSSR count). The van der Waals surface area contributed by atoms with Gasteiger partial charge >= 0.3 is 26.2 Å². The molecule has 1 saturated carbocycles. The zero-order valence-electron chi connectivity index (χ0n) is 31.0. The van der Waals surface area contributed by atoms with Crippen LogP contribution in [0.5, 0.6) is 0 Å². The van der Waals surface area contributed by atoms with Crippen LogP contribution in [-0.4, -0.2) is 0 Å². The van der Waals surface area contributed by atoms with E-state index in [1.54, 1.807) is 5.57 Å². The summed E-state index contributed by atoms with van der Waals surface area (Å²) in [6, 6.07) is 37.8. The Labute approximate surface area is 328 Å². The molecule has 0 radical (unpaired) electrons. The summed E-state index contributed by atoms with van der Waals surface area (Å²) in [5.74, 6) is 0.508. The normalized spacial score (nSPS) is 22.9. The van der Waals surface area contributed by atoms with Crippen LogP contribution >= 0.6 is 0 Å². The van der Waals surface area contributed by atoms with Gasteiger partial charge in [0.25, 0.3) is 0 Å². The minimum atomic E-state index is -0.169. The number of fused-ring (bicyclic) bond motifs is 4. The van der Waals surface area contributed by atoms with Gasteiger partial charge in [0.15, 0.2) is 0 Å². The molecule has 4 aromatic carbocycles. The molecule has 3 aliphatic carbocycles. The molecule has 0 heterocycles. The fraction of sp³-hybridized carbons (Fsp3) is 0.391. The zero-order chi connectivity index (χ0) is 32.9. The van der Waals surface area contributed by atoms with Crippen molar-refractivity contribution >= 4 is 0 Å². The van der Waals surface area contributed by atoms with Crippen molar-refractivity contribution in [2.45, 2.75) is 103 Å². The van der Waals surface area contributed by atoms with E-state index in [1.165, 1.54) is 50.1 Å². The van der Waals surface area contributed by atoms with E-state index in [1.807, 2.05) is 0 Å². The van der Waals surface area contributed by atoms with Crippen molar-refractivity contribution in [2.75, 3.05) is 0 Å². The predicted molar refractivity (Wildman–Crippen MR) is 197 cm³/mol. The van der Waals surface area contributed by atoms with Crippen LogP contribution in [0.25, 0.3) is 11.1 Å². The third-order valence-corrected chi connectivity index (χ3v) is 11.7. The quantitative estimate of drug-likeness (QED) is 0.232. The van der Waals surface area contributed by atoms with Crippen LogP contribution in [-0.2, 0) is 47.9 Å². The van der Waals surface area contributed by atoms with Gasteiger partial charge in [0.1, 0.15) is 0 Å². The van der Waals surface area contributed by atoms with Gasteiger partial charge in [-0.15, -0.1) is 0 Å². The van der Waals surface area contributed by atoms with Gasteiger partial charge in [0.05, 0.1) is 0 Å². The summed E-state index contributed by atoms with van der Waals surface area (Å²) in [7, 11) is 0. The molecule has 3 atom stereocenters. The molecule has 0 N–H and O–H groups in total. The predicted octanol–water partition coefficient (Wildman–Crippen LogP) is 6.23. The van der Waals surface area contributed by atoms with Crippen molar-refractivity contribution in [2.24, 2.45) is 11.3 Å². The average Bonchev–Trinajstić information content (AvgIpc) is 3.67. The minimum absolute atomic E-state index is 0. The van der Waals surface area contributed by atoms with Crippen LogP contribution < -0.4 is 24.8 Å². The van der Waals surface area contributed by atoms with E-state index in [0.717, 1.165) is 6.42 Å². The molecule has 0 nitrogen and oxygen atoms in total. The number of halogens is 2. The summed E-state index contributed by atoms with van der Waals surface area (Å²) < 4.78 is 0. The van der Waals surface area contributed by atoms with E-state index in [2.05, 4.69) is 178 Å². The van der Waals surface area contributed by atoms with E-state index in [-0.39, 0.29) is 89.9 Å². The summed E-state index contributed by atoms with van der Waals surface area (Å²) in [5.41, 5.74) is 14.6. The van der Waals surface area contributed by atoms with Crippen molar-refractivity contribution in [3.63, 3.8) is 0 Å². The number of hydrogen-bond acceptors (Lipinski definition) is 0. The largest absolute Gasteiger partial charge is 2.00 e. The van der Waals surface area contributed by atoms with E-state index in [9.17, 15) is 0 Å². The molecule has 0 spiro atoms. The summed E-state index contributed by atoms with van der Waals surface area (Å²) in [6.07, 6.45) is 6.35. The molecule has 49 heavy (non-hydrogen) atoms. The Kier molecular flexibility index (Phi) is 10.8. The molecule has 254 valence electrons. The van der Waals surface area contributed by atoms with Crippen LogP contribution in [0, 0.1) is 11.3 Å². The van der Waals surface area contributed by atoms with Gasteiger partial charge < -0.3 is 24.8 Å². The number of rotatable bonds is 3. The number of allylic oxidation sites excluding steroid dienone is 4. The van der Waals surface area contributed by atoms with Gasteiger partial charge in [-0.3, -0.25) is 0 Å². The van der Waals surface area contributed by atoms with Crippen molar-refractivity contribution in [1.82, 2.24) is 0 Å². The molecule has 3 aliphatic rings. The zero-order valence-corrected chi connectivity index (χ0v) is 35.0. The van der Waals surface area contributed by atoms with Crippen molar-refractivity contribution in [3.05, 3.63) is 154 Å². The molecule has 3 heteroatoms. The maximum atomic E-state index is 2.69. The first-order valence-corrected chi connectivity index (χ1v) is 17.4. The van der Waals surface area contributed by atoms with Gasteiger partial charge in [-0.2, -0.15) is 0 Å². The molecule has 0 aromatic heterocycles. The van der Waals surface area contributed by atoms with E-state index in [0.29, 0.717) is 0 Å². The molecule has 0 aliphatic heterocycles. The first kappa shape index (κ1) is 39.6. The Hall–Kier alpha value is -2.18. The molecule has 4 aromatic rings. The molecular weight excluding hydrogens is 715 g/mol. The number of benzene rings is 4. The summed E-state index contributed by atoms with van der Waals surface area (Å²) in [4.78, 5) is 0. The standard InChI is InChI=1S/C46H52.2ClH.Zr/c1-42(2,3)32-21-23-35-36-24-22-33(43(4,5)6)26-38(36)41(37(35)25-32)46(31-19-15-12-16-20-31)29-45(10,30-17-13-11-14-18-30)39-27-34(28-40(39)46)44(7,8)9;;;/h11-28,40-41H,29H2,1-10H3;2*1H;/q;;;+2/p-2. The minimum Gasteiger partial charge on any atom is -1.00 e. The van der Waals surface area contributed by atoms with Crippen LogP contribution in [0.2, 0.25) is 0 Å². The molecule has 0 bridgehead atoms. The van der Waals surface area contributed by atoms with Gasteiger partial charge in [-0.05, 0) is 72.7 Å². The van der Waals surface area contributed by atoms with Crippen molar-refractivity contribution < 1.29 is 51.0 Å². The van der Waals surface area contributed by atoms with Crippen LogP contribution in [0.3, 0.4) is 0 Å². The van der Waals surface area contributed by atoms with Gasteiger partial charge in [0, 0.05) is 22.7 Å². The first-order valence-electron chi connectivity index (χ1n) is 17.4. The third-order valence-electron chi connectivity index (χ3n) is 11.7. The molecule has 0 amide bonds. The Bertz CT molecular complexity index is 1820. The molecule has 1 fully saturated rings. The van der Waals surface area contributed by atoms with Crippen LogP contribution in [0.1, 0.15) is 115 Å². The maximum Gasteiger partial charge on any atom is 2.00 e. The molecule has 3 unspecified atom stereocenters. The fourth-order valence-electron chi connectivity index (χ4n) is 9.07. The Balaban J connectivity index is 0.00000180.